The number of carbonyl (C=O) groups is 1. The molecule has 0 aliphatic heterocycles. The predicted molar refractivity (Wildman–Crippen MR) is 78.7 cm³/mol. The Morgan fingerprint density at radius 2 is 2.00 bits per heavy atom. The predicted octanol–water partition coefficient (Wildman–Crippen LogP) is 3.11. The highest BCUT2D eigenvalue weighted by Gasteiger charge is 2.15. The first-order chi connectivity index (χ1) is 8.99. The maximum absolute atomic E-state index is 12.2. The van der Waals surface area contributed by atoms with Crippen molar-refractivity contribution in [2.24, 2.45) is 0 Å². The van der Waals surface area contributed by atoms with Crippen molar-refractivity contribution in [3.8, 4) is 5.75 Å². The first-order valence-electron chi connectivity index (χ1n) is 6.87. The molecule has 0 atom stereocenters. The van der Waals surface area contributed by atoms with E-state index in [0.29, 0.717) is 6.42 Å². The van der Waals surface area contributed by atoms with Crippen molar-refractivity contribution in [1.29, 1.82) is 0 Å². The molecular weight excluding hydrogens is 238 g/mol. The molecule has 106 valence electrons. The van der Waals surface area contributed by atoms with Gasteiger partial charge in [-0.1, -0.05) is 19.4 Å². The van der Waals surface area contributed by atoms with Gasteiger partial charge in [0.1, 0.15) is 5.75 Å². The highest BCUT2D eigenvalue weighted by Crippen LogP contribution is 2.25. The second-order valence-electron chi connectivity index (χ2n) is 5.11. The van der Waals surface area contributed by atoms with Crippen LogP contribution in [0.15, 0.2) is 12.1 Å². The topological polar surface area (TPSA) is 29.5 Å². The van der Waals surface area contributed by atoms with Crippen LogP contribution in [0.3, 0.4) is 0 Å². The zero-order valence-corrected chi connectivity index (χ0v) is 12.7. The molecule has 0 bridgehead atoms. The minimum atomic E-state index is 0.152. The van der Waals surface area contributed by atoms with Crippen LogP contribution >= 0.6 is 0 Å². The number of benzene rings is 1. The molecule has 0 aliphatic rings. The maximum atomic E-state index is 12.2. The molecular formula is C16H25NO2. The Kier molecular flexibility index (Phi) is 5.87. The molecule has 0 radical (unpaired) electrons. The Balaban J connectivity index is 2.84. The van der Waals surface area contributed by atoms with Gasteiger partial charge in [0.15, 0.2) is 0 Å². The smallest absolute Gasteiger partial charge is 0.226 e. The van der Waals surface area contributed by atoms with Gasteiger partial charge >= 0.3 is 0 Å². The Bertz CT molecular complexity index is 441. The van der Waals surface area contributed by atoms with Crippen molar-refractivity contribution in [2.75, 3.05) is 20.7 Å². The summed E-state index contributed by atoms with van der Waals surface area (Å²) in [7, 11) is 3.52. The van der Waals surface area contributed by atoms with Gasteiger partial charge in [-0.25, -0.2) is 0 Å². The third-order valence-electron chi connectivity index (χ3n) is 3.40. The average molecular weight is 263 g/mol. The van der Waals surface area contributed by atoms with E-state index < -0.39 is 0 Å². The molecule has 1 amide bonds. The van der Waals surface area contributed by atoms with E-state index in [1.54, 1.807) is 7.11 Å². The number of rotatable bonds is 6. The van der Waals surface area contributed by atoms with Gasteiger partial charge in [-0.2, -0.15) is 0 Å². The molecule has 1 aromatic rings. The summed E-state index contributed by atoms with van der Waals surface area (Å²) < 4.78 is 5.40. The highest BCUT2D eigenvalue weighted by atomic mass is 16.5. The molecule has 0 spiro atoms. The molecule has 19 heavy (non-hydrogen) atoms. The van der Waals surface area contributed by atoms with Crippen LogP contribution in [0.5, 0.6) is 5.75 Å². The minimum Gasteiger partial charge on any atom is -0.496 e. The van der Waals surface area contributed by atoms with E-state index in [9.17, 15) is 4.79 Å². The molecule has 0 saturated heterocycles. The lowest BCUT2D eigenvalue weighted by Crippen LogP contribution is -2.29. The van der Waals surface area contributed by atoms with Crippen LogP contribution in [0.4, 0.5) is 0 Å². The lowest BCUT2D eigenvalue weighted by atomic mass is 10.0. The Hall–Kier alpha value is -1.51. The van der Waals surface area contributed by atoms with E-state index in [0.717, 1.165) is 41.8 Å². The number of hydrogen-bond donors (Lipinski definition) is 0. The molecule has 0 fully saturated rings. The van der Waals surface area contributed by atoms with Crippen molar-refractivity contribution in [2.45, 2.75) is 40.0 Å². The van der Waals surface area contributed by atoms with Crippen LogP contribution in [-0.4, -0.2) is 31.5 Å². The molecule has 0 N–H and O–H groups in total. The second kappa shape index (κ2) is 7.17. The Morgan fingerprint density at radius 1 is 1.32 bits per heavy atom. The van der Waals surface area contributed by atoms with E-state index in [2.05, 4.69) is 13.0 Å². The molecule has 3 nitrogen and oxygen atoms in total. The highest BCUT2D eigenvalue weighted by molar-refractivity contribution is 5.79. The number of unbranched alkanes of at least 4 members (excludes halogenated alkanes) is 1. The SMILES string of the molecule is CCCCN(C)C(=O)Cc1c(C)cc(C)cc1OC. The van der Waals surface area contributed by atoms with Crippen LogP contribution in [0, 0.1) is 13.8 Å². The summed E-state index contributed by atoms with van der Waals surface area (Å²) in [5, 5.41) is 0. The van der Waals surface area contributed by atoms with Crippen molar-refractivity contribution in [3.63, 3.8) is 0 Å². The summed E-state index contributed by atoms with van der Waals surface area (Å²) in [4.78, 5) is 14.0. The van der Waals surface area contributed by atoms with E-state index in [-0.39, 0.29) is 5.91 Å². The number of aryl methyl sites for hydroxylation is 2. The van der Waals surface area contributed by atoms with Gasteiger partial charge in [0.2, 0.25) is 5.91 Å². The molecule has 0 aromatic heterocycles. The number of ether oxygens (including phenoxy) is 1. The normalized spacial score (nSPS) is 10.4. The number of likely N-dealkylation sites (N-methyl/N-ethyl adjacent to an activating group) is 1. The molecule has 1 aromatic carbocycles. The first-order valence-corrected chi connectivity index (χ1v) is 6.87. The lowest BCUT2D eigenvalue weighted by Gasteiger charge is -2.19. The average Bonchev–Trinajstić information content (AvgIpc) is 2.38. The lowest BCUT2D eigenvalue weighted by molar-refractivity contribution is -0.129. The van der Waals surface area contributed by atoms with E-state index in [4.69, 9.17) is 4.74 Å². The Morgan fingerprint density at radius 3 is 2.58 bits per heavy atom. The number of hydrogen-bond acceptors (Lipinski definition) is 2. The standard InChI is InChI=1S/C16H25NO2/c1-6-7-8-17(4)16(18)11-14-13(3)9-12(2)10-15(14)19-5/h9-10H,6-8,11H2,1-5H3. The third kappa shape index (κ3) is 4.27. The molecule has 0 aliphatic carbocycles. The quantitative estimate of drug-likeness (QED) is 0.789. The van der Waals surface area contributed by atoms with Gasteiger partial charge in [-0.05, 0) is 37.5 Å². The monoisotopic (exact) mass is 263 g/mol. The number of nitrogens with zero attached hydrogens (tertiary/aromatic N) is 1. The maximum Gasteiger partial charge on any atom is 0.226 e. The fraction of sp³-hybridized carbons (Fsp3) is 0.562. The van der Waals surface area contributed by atoms with Crippen LogP contribution < -0.4 is 4.74 Å². The van der Waals surface area contributed by atoms with Crippen LogP contribution in [0.1, 0.15) is 36.5 Å². The summed E-state index contributed by atoms with van der Waals surface area (Å²) in [5.74, 6) is 0.966. The van der Waals surface area contributed by atoms with Gasteiger partial charge in [0.05, 0.1) is 13.5 Å². The summed E-state index contributed by atoms with van der Waals surface area (Å²) >= 11 is 0. The van der Waals surface area contributed by atoms with Gasteiger partial charge < -0.3 is 9.64 Å². The van der Waals surface area contributed by atoms with Crippen molar-refractivity contribution in [3.05, 3.63) is 28.8 Å². The molecule has 1 rings (SSSR count). The fourth-order valence-electron chi connectivity index (χ4n) is 2.17. The summed E-state index contributed by atoms with van der Waals surface area (Å²) in [5.41, 5.74) is 3.28. The van der Waals surface area contributed by atoms with E-state index in [1.807, 2.05) is 31.9 Å². The largest absolute Gasteiger partial charge is 0.496 e. The van der Waals surface area contributed by atoms with Gasteiger partial charge in [0, 0.05) is 19.2 Å². The van der Waals surface area contributed by atoms with Crippen molar-refractivity contribution in [1.82, 2.24) is 4.90 Å². The molecule has 0 heterocycles. The van der Waals surface area contributed by atoms with Gasteiger partial charge in [-0.15, -0.1) is 0 Å². The molecule has 0 unspecified atom stereocenters. The van der Waals surface area contributed by atoms with Gasteiger partial charge in [-0.3, -0.25) is 4.79 Å². The van der Waals surface area contributed by atoms with Crippen LogP contribution in [0.2, 0.25) is 0 Å². The summed E-state index contributed by atoms with van der Waals surface area (Å²) in [6, 6.07) is 4.08. The molecule has 3 heteroatoms. The van der Waals surface area contributed by atoms with E-state index in [1.165, 1.54) is 0 Å². The third-order valence-corrected chi connectivity index (χ3v) is 3.40. The zero-order chi connectivity index (χ0) is 14.4. The van der Waals surface area contributed by atoms with Crippen molar-refractivity contribution < 1.29 is 9.53 Å². The fourth-order valence-corrected chi connectivity index (χ4v) is 2.17. The van der Waals surface area contributed by atoms with Crippen LogP contribution in [-0.2, 0) is 11.2 Å². The first kappa shape index (κ1) is 15.5. The number of amides is 1. The summed E-state index contributed by atoms with van der Waals surface area (Å²) in [6.07, 6.45) is 2.56. The van der Waals surface area contributed by atoms with E-state index >= 15 is 0 Å². The second-order valence-corrected chi connectivity index (χ2v) is 5.11. The number of carbonyl (C=O) groups excluding carboxylic acids is 1. The zero-order valence-electron chi connectivity index (χ0n) is 12.7. The molecule has 0 saturated carbocycles. The Labute approximate surface area is 116 Å². The number of methoxy groups -OCH3 is 1. The van der Waals surface area contributed by atoms with Gasteiger partial charge in [0.25, 0.3) is 0 Å². The van der Waals surface area contributed by atoms with Crippen LogP contribution in [0.25, 0.3) is 0 Å². The summed E-state index contributed by atoms with van der Waals surface area (Å²) in [6.45, 7) is 7.02. The van der Waals surface area contributed by atoms with Crippen molar-refractivity contribution >= 4 is 5.91 Å². The minimum absolute atomic E-state index is 0.152.